The van der Waals surface area contributed by atoms with E-state index in [1.165, 1.54) is 18.2 Å². The Hall–Kier alpha value is -2.09. The number of nitriles is 1. The molecule has 0 heterocycles. The molecule has 0 aliphatic heterocycles. The second-order valence-corrected chi connectivity index (χ2v) is 3.22. The van der Waals surface area contributed by atoms with Gasteiger partial charge < -0.3 is 0 Å². The van der Waals surface area contributed by atoms with Crippen LogP contribution in [0.5, 0.6) is 0 Å². The molecule has 1 aromatic rings. The molecule has 0 bridgehead atoms. The van der Waals surface area contributed by atoms with Crippen LogP contribution in [0.15, 0.2) is 30.3 Å². The Morgan fingerprint density at radius 3 is 2.71 bits per heavy atom. The number of allylic oxidation sites excluding steroid dienone is 1. The number of ketones is 1. The Balaban J connectivity index is 2.95. The Morgan fingerprint density at radius 2 is 2.12 bits per heavy atom. The summed E-state index contributed by atoms with van der Waals surface area (Å²) in [6.07, 6.45) is -1.69. The van der Waals surface area contributed by atoms with Gasteiger partial charge in [-0.05, 0) is 11.6 Å². The van der Waals surface area contributed by atoms with Gasteiger partial charge >= 0.3 is 6.18 Å². The van der Waals surface area contributed by atoms with E-state index in [1.54, 1.807) is 6.07 Å². The van der Waals surface area contributed by atoms with E-state index in [2.05, 4.69) is 0 Å². The van der Waals surface area contributed by atoms with Crippen LogP contribution in [-0.4, -0.2) is 12.0 Å². The maximum Gasteiger partial charge on any atom is 0.454 e. The summed E-state index contributed by atoms with van der Waals surface area (Å²) in [7, 11) is 0. The number of hydrogen-bond acceptors (Lipinski definition) is 2. The van der Waals surface area contributed by atoms with E-state index in [4.69, 9.17) is 5.26 Å². The Labute approximate surface area is 96.0 Å². The van der Waals surface area contributed by atoms with Crippen molar-refractivity contribution in [1.29, 1.82) is 5.26 Å². The number of hydrogen-bond donors (Lipinski definition) is 0. The lowest BCUT2D eigenvalue weighted by Gasteiger charge is -2.05. The SMILES string of the molecule is N#CCC=Cc1cccc(C(=O)C(F)(F)F)c1. The van der Waals surface area contributed by atoms with Crippen molar-refractivity contribution < 1.29 is 18.0 Å². The summed E-state index contributed by atoms with van der Waals surface area (Å²) >= 11 is 0. The van der Waals surface area contributed by atoms with Crippen LogP contribution in [0.2, 0.25) is 0 Å². The van der Waals surface area contributed by atoms with Gasteiger partial charge in [0.05, 0.1) is 12.5 Å². The quantitative estimate of drug-likeness (QED) is 0.759. The summed E-state index contributed by atoms with van der Waals surface area (Å²) in [5.74, 6) is -1.87. The number of carbonyl (C=O) groups excluding carboxylic acids is 1. The molecular weight excluding hydrogens is 231 g/mol. The van der Waals surface area contributed by atoms with Gasteiger partial charge in [0.1, 0.15) is 0 Å². The van der Waals surface area contributed by atoms with Gasteiger partial charge in [0.25, 0.3) is 5.78 Å². The lowest BCUT2D eigenvalue weighted by molar-refractivity contribution is -0.0885. The minimum Gasteiger partial charge on any atom is -0.284 e. The molecule has 0 aliphatic rings. The van der Waals surface area contributed by atoms with E-state index in [9.17, 15) is 18.0 Å². The first kappa shape index (κ1) is 13.0. The minimum atomic E-state index is -4.87. The fraction of sp³-hybridized carbons (Fsp3) is 0.167. The second kappa shape index (κ2) is 5.30. The van der Waals surface area contributed by atoms with Crippen LogP contribution in [-0.2, 0) is 0 Å². The molecule has 17 heavy (non-hydrogen) atoms. The van der Waals surface area contributed by atoms with Gasteiger partial charge in [0.2, 0.25) is 0 Å². The Bertz CT molecular complexity index is 483. The monoisotopic (exact) mass is 239 g/mol. The van der Waals surface area contributed by atoms with Crippen molar-refractivity contribution in [3.8, 4) is 6.07 Å². The van der Waals surface area contributed by atoms with Crippen LogP contribution in [0.4, 0.5) is 13.2 Å². The maximum atomic E-state index is 12.2. The number of halogens is 3. The van der Waals surface area contributed by atoms with Gasteiger partial charge in [0, 0.05) is 5.56 Å². The molecule has 0 saturated carbocycles. The number of alkyl halides is 3. The predicted molar refractivity (Wildman–Crippen MR) is 56.1 cm³/mol. The molecular formula is C12H8F3NO. The Morgan fingerprint density at radius 1 is 1.41 bits per heavy atom. The van der Waals surface area contributed by atoms with Gasteiger partial charge in [0.15, 0.2) is 0 Å². The number of Topliss-reactive ketones (excluding diaryl/α,β-unsaturated/α-hetero) is 1. The second-order valence-electron chi connectivity index (χ2n) is 3.22. The van der Waals surface area contributed by atoms with Crippen molar-refractivity contribution in [2.45, 2.75) is 12.6 Å². The van der Waals surface area contributed by atoms with E-state index in [0.717, 1.165) is 12.1 Å². The van der Waals surface area contributed by atoms with Crippen molar-refractivity contribution in [2.75, 3.05) is 0 Å². The predicted octanol–water partition coefficient (Wildman–Crippen LogP) is 3.36. The fourth-order valence-corrected chi connectivity index (χ4v) is 1.19. The maximum absolute atomic E-state index is 12.2. The van der Waals surface area contributed by atoms with E-state index in [1.807, 2.05) is 6.07 Å². The van der Waals surface area contributed by atoms with Crippen molar-refractivity contribution in [1.82, 2.24) is 0 Å². The molecule has 0 spiro atoms. The summed E-state index contributed by atoms with van der Waals surface area (Å²) in [4.78, 5) is 10.9. The topological polar surface area (TPSA) is 40.9 Å². The van der Waals surface area contributed by atoms with E-state index in [-0.39, 0.29) is 6.42 Å². The largest absolute Gasteiger partial charge is 0.454 e. The first-order valence-corrected chi connectivity index (χ1v) is 4.70. The lowest BCUT2D eigenvalue weighted by atomic mass is 10.1. The molecule has 1 rings (SSSR count). The summed E-state index contributed by atoms with van der Waals surface area (Å²) in [6.45, 7) is 0. The van der Waals surface area contributed by atoms with Crippen LogP contribution in [0.25, 0.3) is 6.08 Å². The summed E-state index contributed by atoms with van der Waals surface area (Å²) in [5.41, 5.74) is 0.0481. The van der Waals surface area contributed by atoms with Gasteiger partial charge in [-0.1, -0.05) is 30.4 Å². The molecule has 0 aliphatic carbocycles. The zero-order valence-electron chi connectivity index (χ0n) is 8.66. The van der Waals surface area contributed by atoms with Crippen LogP contribution < -0.4 is 0 Å². The summed E-state index contributed by atoms with van der Waals surface area (Å²) < 4.78 is 36.5. The number of carbonyl (C=O) groups is 1. The van der Waals surface area contributed by atoms with Crippen LogP contribution >= 0.6 is 0 Å². The van der Waals surface area contributed by atoms with Gasteiger partial charge in [-0.2, -0.15) is 18.4 Å². The highest BCUT2D eigenvalue weighted by Crippen LogP contribution is 2.22. The number of rotatable bonds is 3. The highest BCUT2D eigenvalue weighted by atomic mass is 19.4. The van der Waals surface area contributed by atoms with Crippen LogP contribution in [0, 0.1) is 11.3 Å². The van der Waals surface area contributed by atoms with E-state index in [0.29, 0.717) is 5.56 Å². The first-order chi connectivity index (χ1) is 7.95. The average molecular weight is 239 g/mol. The van der Waals surface area contributed by atoms with Crippen LogP contribution in [0.3, 0.4) is 0 Å². The minimum absolute atomic E-state index is 0.164. The zero-order chi connectivity index (χ0) is 12.9. The molecule has 0 fully saturated rings. The molecule has 88 valence electrons. The highest BCUT2D eigenvalue weighted by Gasteiger charge is 2.39. The van der Waals surface area contributed by atoms with Crippen molar-refractivity contribution in [3.63, 3.8) is 0 Å². The van der Waals surface area contributed by atoms with Crippen molar-refractivity contribution in [2.24, 2.45) is 0 Å². The molecule has 0 N–H and O–H groups in total. The standard InChI is InChI=1S/C12H8F3NO/c13-12(14,15)11(17)10-6-3-5-9(8-10)4-1-2-7-16/h1,3-6,8H,2H2. The third-order valence-corrected chi connectivity index (χ3v) is 1.93. The first-order valence-electron chi connectivity index (χ1n) is 4.70. The van der Waals surface area contributed by atoms with Gasteiger partial charge in [-0.25, -0.2) is 0 Å². The normalized spacial score (nSPS) is 11.4. The highest BCUT2D eigenvalue weighted by molar-refractivity contribution is 6.00. The number of benzene rings is 1. The molecule has 0 saturated heterocycles. The molecule has 0 atom stereocenters. The van der Waals surface area contributed by atoms with Crippen molar-refractivity contribution >= 4 is 11.9 Å². The van der Waals surface area contributed by atoms with Gasteiger partial charge in [-0.3, -0.25) is 4.79 Å². The Kier molecular flexibility index (Phi) is 4.05. The average Bonchev–Trinajstić information content (AvgIpc) is 2.28. The molecule has 5 heteroatoms. The third-order valence-electron chi connectivity index (χ3n) is 1.93. The molecule has 1 aromatic carbocycles. The fourth-order valence-electron chi connectivity index (χ4n) is 1.19. The molecule has 0 amide bonds. The molecule has 2 nitrogen and oxygen atoms in total. The molecule has 0 radical (unpaired) electrons. The van der Waals surface area contributed by atoms with Crippen LogP contribution in [0.1, 0.15) is 22.3 Å². The zero-order valence-corrected chi connectivity index (χ0v) is 8.66. The third kappa shape index (κ3) is 3.76. The smallest absolute Gasteiger partial charge is 0.284 e. The van der Waals surface area contributed by atoms with Gasteiger partial charge in [-0.15, -0.1) is 0 Å². The summed E-state index contributed by atoms with van der Waals surface area (Å²) in [6, 6.07) is 7.04. The van der Waals surface area contributed by atoms with E-state index >= 15 is 0 Å². The summed E-state index contributed by atoms with van der Waals surface area (Å²) in [5, 5.41) is 8.29. The van der Waals surface area contributed by atoms with E-state index < -0.39 is 17.5 Å². The molecule has 0 aromatic heterocycles. The molecule has 0 unspecified atom stereocenters. The number of nitrogens with zero attached hydrogens (tertiary/aromatic N) is 1. The van der Waals surface area contributed by atoms with Crippen molar-refractivity contribution in [3.05, 3.63) is 41.5 Å². The lowest BCUT2D eigenvalue weighted by Crippen LogP contribution is -2.22.